The number of carbonyl (C=O) groups is 2. The van der Waals surface area contributed by atoms with Gasteiger partial charge in [-0.15, -0.1) is 0 Å². The van der Waals surface area contributed by atoms with E-state index >= 15 is 0 Å². The summed E-state index contributed by atoms with van der Waals surface area (Å²) in [5.74, 6) is 1.41. The van der Waals surface area contributed by atoms with E-state index in [1.165, 1.54) is 0 Å². The molecule has 1 saturated carbocycles. The molecule has 0 unspecified atom stereocenters. The van der Waals surface area contributed by atoms with Crippen LogP contribution in [0.4, 0.5) is 0 Å². The van der Waals surface area contributed by atoms with Crippen LogP contribution in [-0.2, 0) is 9.59 Å². The van der Waals surface area contributed by atoms with E-state index < -0.39 is 0 Å². The maximum Gasteiger partial charge on any atom is 0.260 e. The van der Waals surface area contributed by atoms with Crippen LogP contribution in [0.2, 0.25) is 10.0 Å². The lowest BCUT2D eigenvalue weighted by Gasteiger charge is -2.24. The molecule has 2 aliphatic rings. The van der Waals surface area contributed by atoms with Crippen LogP contribution in [0.1, 0.15) is 19.3 Å². The minimum Gasteiger partial charge on any atom is -0.484 e. The monoisotopic (exact) mass is 370 g/mol. The molecule has 1 heterocycles. The molecular weight excluding hydrogens is 351 g/mol. The van der Waals surface area contributed by atoms with Gasteiger partial charge in [-0.25, -0.2) is 0 Å². The van der Waals surface area contributed by atoms with Crippen molar-refractivity contribution in [2.24, 2.45) is 11.8 Å². The molecule has 0 spiro atoms. The summed E-state index contributed by atoms with van der Waals surface area (Å²) in [6, 6.07) is 5.08. The first-order chi connectivity index (χ1) is 11.4. The van der Waals surface area contributed by atoms with Crippen LogP contribution in [-0.4, -0.2) is 43.0 Å². The molecule has 7 heteroatoms. The highest BCUT2D eigenvalue weighted by atomic mass is 35.5. The molecule has 0 bridgehead atoms. The van der Waals surface area contributed by atoms with Crippen molar-refractivity contribution in [3.05, 3.63) is 28.2 Å². The fourth-order valence-corrected chi connectivity index (χ4v) is 3.86. The summed E-state index contributed by atoms with van der Waals surface area (Å²) in [5.41, 5.74) is 0. The number of likely N-dealkylation sites (N-methyl/N-ethyl adjacent to an activating group) is 1. The van der Waals surface area contributed by atoms with Gasteiger partial charge in [0.25, 0.3) is 5.91 Å². The Morgan fingerprint density at radius 1 is 1.29 bits per heavy atom. The van der Waals surface area contributed by atoms with Crippen LogP contribution in [0.5, 0.6) is 5.75 Å². The smallest absolute Gasteiger partial charge is 0.260 e. The third-order valence-corrected chi connectivity index (χ3v) is 5.76. The van der Waals surface area contributed by atoms with Gasteiger partial charge in [-0.2, -0.15) is 0 Å². The summed E-state index contributed by atoms with van der Waals surface area (Å²) >= 11 is 11.8. The van der Waals surface area contributed by atoms with Gasteiger partial charge in [-0.3, -0.25) is 9.59 Å². The number of ether oxygens (including phenoxy) is 1. The van der Waals surface area contributed by atoms with Crippen LogP contribution < -0.4 is 10.1 Å². The first-order valence-electron chi connectivity index (χ1n) is 8.04. The highest BCUT2D eigenvalue weighted by Gasteiger charge is 2.40. The van der Waals surface area contributed by atoms with Crippen LogP contribution in [0.15, 0.2) is 18.2 Å². The van der Waals surface area contributed by atoms with Crippen LogP contribution in [0.3, 0.4) is 0 Å². The molecule has 2 amide bonds. The third-order valence-electron chi connectivity index (χ3n) is 5.02. The first-order valence-corrected chi connectivity index (χ1v) is 8.80. The Kier molecular flexibility index (Phi) is 5.21. The van der Waals surface area contributed by atoms with Gasteiger partial charge in [0.05, 0.1) is 10.0 Å². The number of hydrogen-bond donors (Lipinski definition) is 1. The molecule has 2 fully saturated rings. The zero-order valence-electron chi connectivity index (χ0n) is 13.4. The number of piperidine rings is 1. The van der Waals surface area contributed by atoms with Crippen molar-refractivity contribution in [1.29, 1.82) is 0 Å². The molecule has 5 nitrogen and oxygen atoms in total. The summed E-state index contributed by atoms with van der Waals surface area (Å²) in [6.45, 7) is 0.680. The number of hydrogen-bond acceptors (Lipinski definition) is 3. The van der Waals surface area contributed by atoms with E-state index in [0.717, 1.165) is 19.4 Å². The molecule has 1 aliphatic carbocycles. The Bertz CT molecular complexity index is 653. The largest absolute Gasteiger partial charge is 0.484 e. The molecule has 0 aromatic heterocycles. The average molecular weight is 371 g/mol. The Morgan fingerprint density at radius 2 is 2.04 bits per heavy atom. The molecule has 1 aromatic carbocycles. The Hall–Kier alpha value is -1.46. The number of carbonyl (C=O) groups excluding carboxylic acids is 2. The van der Waals surface area contributed by atoms with Crippen molar-refractivity contribution in [3.63, 3.8) is 0 Å². The van der Waals surface area contributed by atoms with Crippen LogP contribution in [0, 0.1) is 11.8 Å². The molecule has 3 atom stereocenters. The minimum absolute atomic E-state index is 0.0442. The zero-order valence-corrected chi connectivity index (χ0v) is 14.9. The van der Waals surface area contributed by atoms with E-state index in [9.17, 15) is 9.59 Å². The maximum absolute atomic E-state index is 12.4. The predicted molar refractivity (Wildman–Crippen MR) is 92.4 cm³/mol. The number of benzene rings is 1. The van der Waals surface area contributed by atoms with Gasteiger partial charge in [0.15, 0.2) is 6.61 Å². The van der Waals surface area contributed by atoms with Gasteiger partial charge in [0.1, 0.15) is 5.75 Å². The highest BCUT2D eigenvalue weighted by molar-refractivity contribution is 6.42. The number of fused-ring (bicyclic) bond motifs is 1. The van der Waals surface area contributed by atoms with E-state index in [1.807, 2.05) is 0 Å². The third kappa shape index (κ3) is 3.78. The summed E-state index contributed by atoms with van der Waals surface area (Å²) < 4.78 is 5.52. The fourth-order valence-electron chi connectivity index (χ4n) is 3.57. The normalized spacial score (nSPS) is 25.8. The molecule has 1 N–H and O–H groups in total. The predicted octanol–water partition coefficient (Wildman–Crippen LogP) is 2.75. The average Bonchev–Trinajstić information content (AvgIpc) is 2.98. The number of nitrogens with zero attached hydrogens (tertiary/aromatic N) is 1. The molecule has 3 rings (SSSR count). The van der Waals surface area contributed by atoms with Crippen LogP contribution >= 0.6 is 23.2 Å². The molecule has 130 valence electrons. The molecule has 1 saturated heterocycles. The van der Waals surface area contributed by atoms with Gasteiger partial charge in [-0.1, -0.05) is 23.2 Å². The minimum atomic E-state index is -0.0796. The second-order valence-electron chi connectivity index (χ2n) is 6.52. The molecular formula is C17H20Cl2N2O3. The van der Waals surface area contributed by atoms with E-state index in [0.29, 0.717) is 34.1 Å². The van der Waals surface area contributed by atoms with Gasteiger partial charge in [0.2, 0.25) is 5.91 Å². The lowest BCUT2D eigenvalue weighted by molar-refractivity contribution is -0.134. The molecule has 1 aliphatic heterocycles. The SMILES string of the molecule is CN(C(=O)COc1ccc(Cl)c(Cl)c1)[C@H]1C[C@H]2CNC(=O)C[C@H]2C1. The number of amides is 2. The number of nitrogens with one attached hydrogen (secondary N) is 1. The van der Waals surface area contributed by atoms with Gasteiger partial charge >= 0.3 is 0 Å². The number of rotatable bonds is 4. The molecule has 24 heavy (non-hydrogen) atoms. The topological polar surface area (TPSA) is 58.6 Å². The van der Waals surface area contributed by atoms with E-state index in [1.54, 1.807) is 30.1 Å². The van der Waals surface area contributed by atoms with Crippen molar-refractivity contribution < 1.29 is 14.3 Å². The highest BCUT2D eigenvalue weighted by Crippen LogP contribution is 2.38. The quantitative estimate of drug-likeness (QED) is 0.886. The van der Waals surface area contributed by atoms with Crippen molar-refractivity contribution in [2.75, 3.05) is 20.2 Å². The summed E-state index contributed by atoms with van der Waals surface area (Å²) in [6.07, 6.45) is 2.38. The summed E-state index contributed by atoms with van der Waals surface area (Å²) in [4.78, 5) is 25.6. The number of halogens is 2. The van der Waals surface area contributed by atoms with E-state index in [-0.39, 0.29) is 24.5 Å². The standard InChI is InChI=1S/C17H20Cl2N2O3/c1-21(12-4-10-6-16(22)20-8-11(10)5-12)17(23)9-24-13-2-3-14(18)15(19)7-13/h2-3,7,10-12H,4-6,8-9H2,1H3,(H,20,22)/t10-,11+,12-/m1/s1. The summed E-state index contributed by atoms with van der Waals surface area (Å²) in [5, 5.41) is 3.75. The zero-order chi connectivity index (χ0) is 17.3. The van der Waals surface area contributed by atoms with Crippen molar-refractivity contribution in [3.8, 4) is 5.75 Å². The second-order valence-corrected chi connectivity index (χ2v) is 7.34. The van der Waals surface area contributed by atoms with Crippen molar-refractivity contribution in [1.82, 2.24) is 10.2 Å². The molecule has 0 radical (unpaired) electrons. The molecule has 1 aromatic rings. The van der Waals surface area contributed by atoms with Gasteiger partial charge in [-0.05, 0) is 36.8 Å². The summed E-state index contributed by atoms with van der Waals surface area (Å²) in [7, 11) is 1.80. The lowest BCUT2D eigenvalue weighted by atomic mass is 9.89. The Morgan fingerprint density at radius 3 is 2.79 bits per heavy atom. The second kappa shape index (κ2) is 7.19. The van der Waals surface area contributed by atoms with Gasteiger partial charge < -0.3 is 15.0 Å². The van der Waals surface area contributed by atoms with Crippen molar-refractivity contribution in [2.45, 2.75) is 25.3 Å². The fraction of sp³-hybridized carbons (Fsp3) is 0.529. The maximum atomic E-state index is 12.4. The van der Waals surface area contributed by atoms with Crippen LogP contribution in [0.25, 0.3) is 0 Å². The van der Waals surface area contributed by atoms with Gasteiger partial charge in [0, 0.05) is 32.1 Å². The first kappa shape index (κ1) is 17.4. The van der Waals surface area contributed by atoms with E-state index in [4.69, 9.17) is 27.9 Å². The Labute approximate surface area is 151 Å². The van der Waals surface area contributed by atoms with Crippen molar-refractivity contribution >= 4 is 35.0 Å². The Balaban J connectivity index is 1.53. The lowest BCUT2D eigenvalue weighted by Crippen LogP contribution is -2.39. The van der Waals surface area contributed by atoms with E-state index in [2.05, 4.69) is 5.32 Å².